The van der Waals surface area contributed by atoms with E-state index in [9.17, 15) is 10.1 Å². The highest BCUT2D eigenvalue weighted by Crippen LogP contribution is 2.35. The molecule has 0 atom stereocenters. The maximum absolute atomic E-state index is 13.1. The average molecular weight is 389 g/mol. The van der Waals surface area contributed by atoms with Crippen LogP contribution in [0.2, 0.25) is 0 Å². The van der Waals surface area contributed by atoms with Crippen molar-refractivity contribution in [3.05, 3.63) is 71.5 Å². The molecule has 0 unspecified atom stereocenters. The lowest BCUT2D eigenvalue weighted by Crippen LogP contribution is -2.25. The molecule has 0 saturated carbocycles. The second-order valence-corrected chi connectivity index (χ2v) is 7.65. The fourth-order valence-electron chi connectivity index (χ4n) is 2.91. The first-order valence-electron chi connectivity index (χ1n) is 9.24. The molecule has 1 heterocycles. The number of hydrogen-bond acceptors (Lipinski definition) is 5. The van der Waals surface area contributed by atoms with Crippen LogP contribution in [-0.2, 0) is 18.4 Å². The molecule has 3 aromatic rings. The van der Waals surface area contributed by atoms with Gasteiger partial charge in [-0.05, 0) is 38.5 Å². The van der Waals surface area contributed by atoms with Crippen molar-refractivity contribution in [3.63, 3.8) is 0 Å². The molecule has 29 heavy (non-hydrogen) atoms. The van der Waals surface area contributed by atoms with E-state index in [1.165, 1.54) is 0 Å². The van der Waals surface area contributed by atoms with Crippen molar-refractivity contribution in [3.8, 4) is 22.9 Å². The summed E-state index contributed by atoms with van der Waals surface area (Å²) >= 11 is 0. The zero-order chi connectivity index (χ0) is 21.0. The molecule has 0 aliphatic rings. The van der Waals surface area contributed by atoms with E-state index in [0.717, 1.165) is 5.56 Å². The Labute approximate surface area is 170 Å². The zero-order valence-electron chi connectivity index (χ0n) is 17.0. The molecule has 0 aliphatic heterocycles. The van der Waals surface area contributed by atoms with E-state index in [1.807, 2.05) is 30.3 Å². The lowest BCUT2D eigenvalue weighted by Gasteiger charge is -2.22. The summed E-state index contributed by atoms with van der Waals surface area (Å²) < 4.78 is 13.2. The minimum Gasteiger partial charge on any atom is -0.488 e. The van der Waals surface area contributed by atoms with Crippen molar-refractivity contribution >= 4 is 5.97 Å². The maximum atomic E-state index is 13.1. The van der Waals surface area contributed by atoms with Gasteiger partial charge in [-0.3, -0.25) is 4.68 Å². The molecule has 0 radical (unpaired) electrons. The topological polar surface area (TPSA) is 77.1 Å². The Morgan fingerprint density at radius 1 is 1.17 bits per heavy atom. The molecule has 3 rings (SSSR count). The van der Waals surface area contributed by atoms with Crippen LogP contribution >= 0.6 is 0 Å². The van der Waals surface area contributed by atoms with Gasteiger partial charge in [0.25, 0.3) is 0 Å². The van der Waals surface area contributed by atoms with Gasteiger partial charge in [-0.2, -0.15) is 10.4 Å². The highest BCUT2D eigenvalue weighted by Gasteiger charge is 2.27. The molecule has 148 valence electrons. The molecule has 6 nitrogen and oxygen atoms in total. The van der Waals surface area contributed by atoms with E-state index in [2.05, 4.69) is 11.2 Å². The predicted octanol–water partition coefficient (Wildman–Crippen LogP) is 4.49. The van der Waals surface area contributed by atoms with Crippen LogP contribution in [0, 0.1) is 11.3 Å². The number of nitriles is 1. The van der Waals surface area contributed by atoms with Crippen molar-refractivity contribution in [2.75, 3.05) is 0 Å². The first kappa shape index (κ1) is 20.2. The molecular weight excluding hydrogens is 366 g/mol. The summed E-state index contributed by atoms with van der Waals surface area (Å²) in [5, 5.41) is 13.8. The first-order valence-corrected chi connectivity index (χ1v) is 9.24. The van der Waals surface area contributed by atoms with Gasteiger partial charge in [0.15, 0.2) is 0 Å². The molecule has 0 fully saturated rings. The van der Waals surface area contributed by atoms with Crippen LogP contribution in [0.25, 0.3) is 11.1 Å². The number of ether oxygens (including phenoxy) is 2. The minimum atomic E-state index is -0.692. The number of aryl methyl sites for hydroxylation is 1. The van der Waals surface area contributed by atoms with Gasteiger partial charge >= 0.3 is 5.97 Å². The lowest BCUT2D eigenvalue weighted by atomic mass is 9.95. The molecule has 6 heteroatoms. The summed E-state index contributed by atoms with van der Waals surface area (Å²) in [5.74, 6) is -0.183. The molecule has 0 N–H and O–H groups in total. The third kappa shape index (κ3) is 4.82. The van der Waals surface area contributed by atoms with Gasteiger partial charge in [-0.25, -0.2) is 4.79 Å². The molecule has 0 amide bonds. The summed E-state index contributed by atoms with van der Waals surface area (Å²) in [6.45, 7) is 5.68. The van der Waals surface area contributed by atoms with Crippen LogP contribution in [0.15, 0.2) is 54.9 Å². The fourth-order valence-corrected chi connectivity index (χ4v) is 2.91. The van der Waals surface area contributed by atoms with Crippen LogP contribution in [-0.4, -0.2) is 21.4 Å². The van der Waals surface area contributed by atoms with Gasteiger partial charge in [0.2, 0.25) is 0 Å². The molecule has 2 aromatic carbocycles. The van der Waals surface area contributed by atoms with E-state index in [-0.39, 0.29) is 12.2 Å². The molecule has 0 bridgehead atoms. The third-order valence-corrected chi connectivity index (χ3v) is 4.12. The average Bonchev–Trinajstić information content (AvgIpc) is 3.11. The summed E-state index contributed by atoms with van der Waals surface area (Å²) in [4.78, 5) is 13.1. The first-order chi connectivity index (χ1) is 13.8. The SMILES string of the molecule is Cn1cc(-c2c(C#N)ccc(OCc3ccccc3)c2C(=O)OC(C)(C)C)cn1. The van der Waals surface area contributed by atoms with Gasteiger partial charge in [0.1, 0.15) is 23.5 Å². The van der Waals surface area contributed by atoms with Crippen LogP contribution in [0.4, 0.5) is 0 Å². The monoisotopic (exact) mass is 389 g/mol. The van der Waals surface area contributed by atoms with Crippen molar-refractivity contribution in [1.82, 2.24) is 9.78 Å². The Bertz CT molecular complexity index is 1060. The molecule has 0 spiro atoms. The van der Waals surface area contributed by atoms with Crippen molar-refractivity contribution in [2.24, 2.45) is 7.05 Å². The number of rotatable bonds is 5. The Morgan fingerprint density at radius 3 is 2.48 bits per heavy atom. The molecular formula is C23H23N3O3. The van der Waals surface area contributed by atoms with Gasteiger partial charge < -0.3 is 9.47 Å². The van der Waals surface area contributed by atoms with E-state index in [4.69, 9.17) is 9.47 Å². The summed E-state index contributed by atoms with van der Waals surface area (Å²) in [5.41, 5.74) is 1.96. The largest absolute Gasteiger partial charge is 0.488 e. The second-order valence-electron chi connectivity index (χ2n) is 7.65. The smallest absolute Gasteiger partial charge is 0.343 e. The van der Waals surface area contributed by atoms with Crippen LogP contribution < -0.4 is 4.74 Å². The molecule has 1 aromatic heterocycles. The van der Waals surface area contributed by atoms with Crippen LogP contribution in [0.3, 0.4) is 0 Å². The predicted molar refractivity (Wildman–Crippen MR) is 109 cm³/mol. The Morgan fingerprint density at radius 2 is 1.90 bits per heavy atom. The standard InChI is InChI=1S/C23H23N3O3/c1-23(2,3)29-22(27)21-19(28-15-16-8-6-5-7-9-16)11-10-17(12-24)20(21)18-13-25-26(4)14-18/h5-11,13-14H,15H2,1-4H3. The quantitative estimate of drug-likeness (QED) is 0.601. The zero-order valence-corrected chi connectivity index (χ0v) is 17.0. The van der Waals surface area contributed by atoms with E-state index < -0.39 is 11.6 Å². The van der Waals surface area contributed by atoms with E-state index >= 15 is 0 Å². The minimum absolute atomic E-state index is 0.225. The van der Waals surface area contributed by atoms with Crippen LogP contribution in [0.5, 0.6) is 5.75 Å². The number of carbonyl (C=O) groups excluding carboxylic acids is 1. The molecule has 0 aliphatic carbocycles. The lowest BCUT2D eigenvalue weighted by molar-refractivity contribution is 0.00664. The normalized spacial score (nSPS) is 11.0. The highest BCUT2D eigenvalue weighted by atomic mass is 16.6. The number of nitrogens with zero attached hydrogens (tertiary/aromatic N) is 3. The summed E-state index contributed by atoms with van der Waals surface area (Å²) in [7, 11) is 1.78. The maximum Gasteiger partial charge on any atom is 0.343 e. The number of hydrogen-bond donors (Lipinski definition) is 0. The van der Waals surface area contributed by atoms with Crippen LogP contribution in [0.1, 0.15) is 42.3 Å². The number of carbonyl (C=O) groups is 1. The van der Waals surface area contributed by atoms with Gasteiger partial charge in [-0.1, -0.05) is 30.3 Å². The van der Waals surface area contributed by atoms with Gasteiger partial charge in [-0.15, -0.1) is 0 Å². The number of aromatic nitrogens is 2. The highest BCUT2D eigenvalue weighted by molar-refractivity contribution is 6.01. The second kappa shape index (κ2) is 8.19. The Hall–Kier alpha value is -3.59. The number of esters is 1. The third-order valence-electron chi connectivity index (χ3n) is 4.12. The fraction of sp³-hybridized carbons (Fsp3) is 0.261. The Balaban J connectivity index is 2.12. The van der Waals surface area contributed by atoms with E-state index in [1.54, 1.807) is 57.0 Å². The van der Waals surface area contributed by atoms with Gasteiger partial charge in [0.05, 0.1) is 17.8 Å². The van der Waals surface area contributed by atoms with Crippen molar-refractivity contribution < 1.29 is 14.3 Å². The van der Waals surface area contributed by atoms with E-state index in [0.29, 0.717) is 22.4 Å². The van der Waals surface area contributed by atoms with Gasteiger partial charge in [0, 0.05) is 24.4 Å². The summed E-state index contributed by atoms with van der Waals surface area (Å²) in [6, 6.07) is 15.1. The summed E-state index contributed by atoms with van der Waals surface area (Å²) in [6.07, 6.45) is 3.37. The van der Waals surface area contributed by atoms with Crippen molar-refractivity contribution in [2.45, 2.75) is 33.0 Å². The van der Waals surface area contributed by atoms with Crippen molar-refractivity contribution in [1.29, 1.82) is 5.26 Å². The number of benzene rings is 2. The molecule has 0 saturated heterocycles. The Kier molecular flexibility index (Phi) is 5.69.